The molecule has 1 amide bonds. The summed E-state index contributed by atoms with van der Waals surface area (Å²) < 4.78 is 27.2. The van der Waals surface area contributed by atoms with Crippen LogP contribution < -0.4 is 5.32 Å². The van der Waals surface area contributed by atoms with Crippen molar-refractivity contribution in [1.82, 2.24) is 9.29 Å². The molecule has 3 aromatic rings. The van der Waals surface area contributed by atoms with E-state index in [2.05, 4.69) is 10.3 Å². The fourth-order valence-corrected chi connectivity index (χ4v) is 5.80. The molecule has 1 aliphatic rings. The van der Waals surface area contributed by atoms with Crippen molar-refractivity contribution in [1.29, 1.82) is 0 Å². The largest absolute Gasteiger partial charge is 0.301 e. The van der Waals surface area contributed by atoms with E-state index in [-0.39, 0.29) is 10.8 Å². The van der Waals surface area contributed by atoms with Gasteiger partial charge in [0, 0.05) is 22.5 Å². The van der Waals surface area contributed by atoms with Gasteiger partial charge in [0.2, 0.25) is 15.9 Å². The highest BCUT2D eigenvalue weighted by atomic mass is 35.5. The highest BCUT2D eigenvalue weighted by Gasteiger charge is 2.39. The number of sulfonamides is 1. The lowest BCUT2D eigenvalue weighted by Gasteiger charge is -2.23. The van der Waals surface area contributed by atoms with Gasteiger partial charge in [-0.1, -0.05) is 41.9 Å². The lowest BCUT2D eigenvalue weighted by atomic mass is 10.2. The zero-order chi connectivity index (χ0) is 20.4. The molecule has 4 rings (SSSR count). The summed E-state index contributed by atoms with van der Waals surface area (Å²) in [5.41, 5.74) is 1.72. The molecule has 0 unspecified atom stereocenters. The lowest BCUT2D eigenvalue weighted by Crippen LogP contribution is -2.43. The molecule has 29 heavy (non-hydrogen) atoms. The molecule has 1 aliphatic heterocycles. The van der Waals surface area contributed by atoms with Gasteiger partial charge in [-0.25, -0.2) is 13.4 Å². The van der Waals surface area contributed by atoms with Crippen LogP contribution in [0.15, 0.2) is 64.9 Å². The van der Waals surface area contributed by atoms with Crippen molar-refractivity contribution in [3.8, 4) is 11.3 Å². The molecule has 150 valence electrons. The summed E-state index contributed by atoms with van der Waals surface area (Å²) in [4.78, 5) is 17.4. The van der Waals surface area contributed by atoms with Gasteiger partial charge in [-0.2, -0.15) is 4.31 Å². The summed E-state index contributed by atoms with van der Waals surface area (Å²) >= 11 is 7.17. The first-order valence-electron chi connectivity index (χ1n) is 9.04. The summed E-state index contributed by atoms with van der Waals surface area (Å²) in [5, 5.41) is 5.55. The molecular formula is C20H18ClN3O3S2. The molecule has 0 spiro atoms. The predicted molar refractivity (Wildman–Crippen MR) is 115 cm³/mol. The van der Waals surface area contributed by atoms with Gasteiger partial charge in [-0.05, 0) is 37.1 Å². The van der Waals surface area contributed by atoms with Crippen LogP contribution in [0, 0.1) is 0 Å². The molecule has 6 nitrogen and oxygen atoms in total. The first kappa shape index (κ1) is 20.0. The SMILES string of the molecule is O=C(Nc1nc(-c2ccccc2)cs1)[C@H]1CCCN1S(=O)(=O)c1ccc(Cl)cc1. The third-order valence-corrected chi connectivity index (χ3v) is 7.66. The van der Waals surface area contributed by atoms with Crippen LogP contribution in [0.3, 0.4) is 0 Å². The van der Waals surface area contributed by atoms with Crippen molar-refractivity contribution >= 4 is 44.0 Å². The Hall–Kier alpha value is -2.26. The van der Waals surface area contributed by atoms with Crippen molar-refractivity contribution in [3.05, 3.63) is 65.0 Å². The Morgan fingerprint density at radius 2 is 1.86 bits per heavy atom. The number of hydrogen-bond acceptors (Lipinski definition) is 5. The standard InChI is InChI=1S/C20H18ClN3O3S2/c21-15-8-10-16(11-9-15)29(26,27)24-12-4-7-18(24)19(25)23-20-22-17(13-28-20)14-5-2-1-3-6-14/h1-3,5-6,8-11,13,18H,4,7,12H2,(H,22,23,25)/t18-/m1/s1. The molecule has 1 saturated heterocycles. The van der Waals surface area contributed by atoms with Crippen LogP contribution in [0.25, 0.3) is 11.3 Å². The van der Waals surface area contributed by atoms with E-state index in [0.29, 0.717) is 29.5 Å². The topological polar surface area (TPSA) is 79.4 Å². The third kappa shape index (κ3) is 4.20. The van der Waals surface area contributed by atoms with Crippen LogP contribution in [0.2, 0.25) is 5.02 Å². The molecule has 0 bridgehead atoms. The molecule has 1 aromatic heterocycles. The Kier molecular flexibility index (Phi) is 5.69. The number of rotatable bonds is 5. The highest BCUT2D eigenvalue weighted by molar-refractivity contribution is 7.89. The van der Waals surface area contributed by atoms with Gasteiger partial charge < -0.3 is 5.32 Å². The molecular weight excluding hydrogens is 430 g/mol. The normalized spacial score (nSPS) is 17.3. The number of benzene rings is 2. The van der Waals surface area contributed by atoms with Crippen LogP contribution in [0.4, 0.5) is 5.13 Å². The van der Waals surface area contributed by atoms with Crippen molar-refractivity contribution in [2.75, 3.05) is 11.9 Å². The first-order chi connectivity index (χ1) is 13.9. The summed E-state index contributed by atoms with van der Waals surface area (Å²) in [5.74, 6) is -0.367. The van der Waals surface area contributed by atoms with Crippen LogP contribution >= 0.6 is 22.9 Å². The lowest BCUT2D eigenvalue weighted by molar-refractivity contribution is -0.119. The number of carbonyl (C=O) groups is 1. The van der Waals surface area contributed by atoms with Crippen molar-refractivity contribution < 1.29 is 13.2 Å². The van der Waals surface area contributed by atoms with E-state index in [9.17, 15) is 13.2 Å². The van der Waals surface area contributed by atoms with E-state index in [1.165, 1.54) is 39.9 Å². The van der Waals surface area contributed by atoms with Crippen LogP contribution in [-0.2, 0) is 14.8 Å². The van der Waals surface area contributed by atoms with Crippen molar-refractivity contribution in [3.63, 3.8) is 0 Å². The summed E-state index contributed by atoms with van der Waals surface area (Å²) in [7, 11) is -3.78. The number of carbonyl (C=O) groups excluding carboxylic acids is 1. The number of hydrogen-bond donors (Lipinski definition) is 1. The van der Waals surface area contributed by atoms with Gasteiger partial charge in [0.15, 0.2) is 5.13 Å². The Labute approximate surface area is 178 Å². The Morgan fingerprint density at radius 3 is 2.59 bits per heavy atom. The number of amides is 1. The average molecular weight is 448 g/mol. The molecule has 1 atom stereocenters. The fourth-order valence-electron chi connectivity index (χ4n) is 3.29. The molecule has 0 radical (unpaired) electrons. The minimum absolute atomic E-state index is 0.127. The van der Waals surface area contributed by atoms with Crippen molar-refractivity contribution in [2.24, 2.45) is 0 Å². The van der Waals surface area contributed by atoms with Gasteiger partial charge in [-0.15, -0.1) is 11.3 Å². The highest BCUT2D eigenvalue weighted by Crippen LogP contribution is 2.29. The maximum atomic E-state index is 13.0. The van der Waals surface area contributed by atoms with Gasteiger partial charge >= 0.3 is 0 Å². The summed E-state index contributed by atoms with van der Waals surface area (Å²) in [6, 6.07) is 14.9. The average Bonchev–Trinajstić information content (AvgIpc) is 3.39. The van der Waals surface area contributed by atoms with E-state index in [0.717, 1.165) is 11.3 Å². The summed E-state index contributed by atoms with van der Waals surface area (Å²) in [6.07, 6.45) is 1.09. The van der Waals surface area contributed by atoms with Gasteiger partial charge in [0.1, 0.15) is 6.04 Å². The zero-order valence-corrected chi connectivity index (χ0v) is 17.7. The molecule has 1 N–H and O–H groups in total. The number of nitrogens with zero attached hydrogens (tertiary/aromatic N) is 2. The first-order valence-corrected chi connectivity index (χ1v) is 11.7. The van der Waals surface area contributed by atoms with Gasteiger partial charge in [-0.3, -0.25) is 4.79 Å². The number of aromatic nitrogens is 1. The van der Waals surface area contributed by atoms with Gasteiger partial charge in [0.25, 0.3) is 0 Å². The maximum Gasteiger partial charge on any atom is 0.244 e. The number of anilines is 1. The van der Waals surface area contributed by atoms with E-state index in [1.54, 1.807) is 0 Å². The molecule has 2 heterocycles. The maximum absolute atomic E-state index is 13.0. The molecule has 0 aliphatic carbocycles. The third-order valence-electron chi connectivity index (χ3n) is 4.73. The summed E-state index contributed by atoms with van der Waals surface area (Å²) in [6.45, 7) is 0.302. The van der Waals surface area contributed by atoms with Crippen LogP contribution in [0.5, 0.6) is 0 Å². The van der Waals surface area contributed by atoms with Crippen LogP contribution in [0.1, 0.15) is 12.8 Å². The monoisotopic (exact) mass is 447 g/mol. The second-order valence-corrected chi connectivity index (χ2v) is 9.81. The Balaban J connectivity index is 1.51. The van der Waals surface area contributed by atoms with E-state index in [1.807, 2.05) is 35.7 Å². The van der Waals surface area contributed by atoms with E-state index < -0.39 is 16.1 Å². The quantitative estimate of drug-likeness (QED) is 0.633. The second-order valence-electron chi connectivity index (χ2n) is 6.62. The number of halogens is 1. The van der Waals surface area contributed by atoms with E-state index >= 15 is 0 Å². The minimum Gasteiger partial charge on any atom is -0.301 e. The second kappa shape index (κ2) is 8.23. The zero-order valence-electron chi connectivity index (χ0n) is 15.3. The molecule has 9 heteroatoms. The minimum atomic E-state index is -3.78. The number of thiazole rings is 1. The van der Waals surface area contributed by atoms with E-state index in [4.69, 9.17) is 11.6 Å². The molecule has 2 aromatic carbocycles. The Morgan fingerprint density at radius 1 is 1.14 bits per heavy atom. The predicted octanol–water partition coefficient (Wildman–Crippen LogP) is 4.26. The number of nitrogens with one attached hydrogen (secondary N) is 1. The molecule has 1 fully saturated rings. The molecule has 0 saturated carbocycles. The van der Waals surface area contributed by atoms with Crippen molar-refractivity contribution in [2.45, 2.75) is 23.8 Å². The van der Waals surface area contributed by atoms with Crippen LogP contribution in [-0.4, -0.2) is 36.2 Å². The van der Waals surface area contributed by atoms with Gasteiger partial charge in [0.05, 0.1) is 10.6 Å². The Bertz CT molecular complexity index is 1120. The fraction of sp³-hybridized carbons (Fsp3) is 0.200. The smallest absolute Gasteiger partial charge is 0.244 e.